The zero-order valence-electron chi connectivity index (χ0n) is 12.0. The quantitative estimate of drug-likeness (QED) is 0.511. The van der Waals surface area contributed by atoms with Gasteiger partial charge in [-0.15, -0.1) is 0 Å². The Morgan fingerprint density at radius 2 is 2.05 bits per heavy atom. The van der Waals surface area contributed by atoms with E-state index in [9.17, 15) is 9.59 Å². The van der Waals surface area contributed by atoms with E-state index in [1.165, 1.54) is 7.11 Å². The molecule has 0 aromatic rings. The fourth-order valence-corrected chi connectivity index (χ4v) is 2.85. The van der Waals surface area contributed by atoms with Crippen molar-refractivity contribution in [2.24, 2.45) is 5.73 Å². The second-order valence-electron chi connectivity index (χ2n) is 4.63. The van der Waals surface area contributed by atoms with Crippen LogP contribution in [0.2, 0.25) is 0 Å². The van der Waals surface area contributed by atoms with E-state index in [4.69, 9.17) is 10.5 Å². The third kappa shape index (κ3) is 6.58. The lowest BCUT2D eigenvalue weighted by Crippen LogP contribution is -2.40. The molecule has 1 aliphatic rings. The fourth-order valence-electron chi connectivity index (χ4n) is 1.88. The van der Waals surface area contributed by atoms with Crippen LogP contribution in [0.4, 0.5) is 0 Å². The smallest absolute Gasteiger partial charge is 0.322 e. The molecule has 1 fully saturated rings. The summed E-state index contributed by atoms with van der Waals surface area (Å²) in [5, 5.41) is 0. The number of nitrogens with two attached hydrogens (primary N) is 1. The van der Waals surface area contributed by atoms with Crippen molar-refractivity contribution in [3.05, 3.63) is 0 Å². The molecule has 1 aliphatic heterocycles. The minimum Gasteiger partial charge on any atom is -0.468 e. The normalized spacial score (nSPS) is 16.8. The molecule has 0 aromatic heterocycles. The topological polar surface area (TPSA) is 81.9 Å². The minimum absolute atomic E-state index is 0.208. The molecule has 0 aliphatic carbocycles. The molecule has 6 nitrogen and oxygen atoms in total. The van der Waals surface area contributed by atoms with Crippen molar-refractivity contribution < 1.29 is 19.1 Å². The Kier molecular flexibility index (Phi) is 8.64. The number of morpholine rings is 1. The number of thioether (sulfide) groups is 1. The van der Waals surface area contributed by atoms with E-state index in [0.29, 0.717) is 39.1 Å². The maximum atomic E-state index is 11.8. The maximum Gasteiger partial charge on any atom is 0.322 e. The highest BCUT2D eigenvalue weighted by atomic mass is 32.2. The number of methoxy groups -OCH3 is 1. The molecule has 1 heterocycles. The molecule has 1 amide bonds. The van der Waals surface area contributed by atoms with Gasteiger partial charge in [-0.25, -0.2) is 0 Å². The number of rotatable bonds is 8. The second kappa shape index (κ2) is 10.0. The van der Waals surface area contributed by atoms with Crippen LogP contribution in [0.5, 0.6) is 0 Å². The molecular formula is C13H24N2O4S. The predicted molar refractivity (Wildman–Crippen MR) is 78.6 cm³/mol. The summed E-state index contributed by atoms with van der Waals surface area (Å²) >= 11 is 1.71. The van der Waals surface area contributed by atoms with Crippen LogP contribution >= 0.6 is 11.8 Å². The van der Waals surface area contributed by atoms with Crippen LogP contribution < -0.4 is 5.73 Å². The second-order valence-corrected chi connectivity index (χ2v) is 5.85. The summed E-state index contributed by atoms with van der Waals surface area (Å²) < 4.78 is 9.77. The first-order valence-corrected chi connectivity index (χ1v) is 8.07. The van der Waals surface area contributed by atoms with Crippen molar-refractivity contribution in [1.82, 2.24) is 4.90 Å². The molecule has 1 rings (SSSR count). The average molecular weight is 304 g/mol. The van der Waals surface area contributed by atoms with Gasteiger partial charge in [-0.3, -0.25) is 9.59 Å². The van der Waals surface area contributed by atoms with E-state index in [1.807, 2.05) is 4.90 Å². The lowest BCUT2D eigenvalue weighted by Gasteiger charge is -2.26. The van der Waals surface area contributed by atoms with Gasteiger partial charge < -0.3 is 20.1 Å². The van der Waals surface area contributed by atoms with Crippen LogP contribution in [0.1, 0.15) is 19.3 Å². The van der Waals surface area contributed by atoms with Gasteiger partial charge in [0.05, 0.1) is 20.3 Å². The Hall–Kier alpha value is -0.790. The maximum absolute atomic E-state index is 11.8. The highest BCUT2D eigenvalue weighted by molar-refractivity contribution is 7.99. The van der Waals surface area contributed by atoms with Gasteiger partial charge in [0.25, 0.3) is 0 Å². The van der Waals surface area contributed by atoms with Gasteiger partial charge in [0.15, 0.2) is 0 Å². The highest BCUT2D eigenvalue weighted by Crippen LogP contribution is 2.10. The molecule has 0 aromatic carbocycles. The number of hydrogen-bond acceptors (Lipinski definition) is 6. The van der Waals surface area contributed by atoms with Crippen LogP contribution in [0.25, 0.3) is 0 Å². The molecule has 7 heteroatoms. The van der Waals surface area contributed by atoms with Crippen LogP contribution in [0.3, 0.4) is 0 Å². The zero-order chi connectivity index (χ0) is 14.8. The molecule has 1 saturated heterocycles. The summed E-state index contributed by atoms with van der Waals surface area (Å²) in [6.45, 7) is 2.71. The largest absolute Gasteiger partial charge is 0.468 e. The lowest BCUT2D eigenvalue weighted by atomic mass is 10.2. The number of nitrogens with zero attached hydrogens (tertiary/aromatic N) is 1. The molecule has 0 radical (unpaired) electrons. The molecule has 2 N–H and O–H groups in total. The molecule has 1 atom stereocenters. The van der Waals surface area contributed by atoms with Gasteiger partial charge in [0, 0.05) is 19.5 Å². The van der Waals surface area contributed by atoms with Crippen molar-refractivity contribution in [2.45, 2.75) is 25.3 Å². The van der Waals surface area contributed by atoms with Crippen molar-refractivity contribution in [1.29, 1.82) is 0 Å². The third-order valence-electron chi connectivity index (χ3n) is 3.12. The van der Waals surface area contributed by atoms with Gasteiger partial charge in [0.1, 0.15) is 6.04 Å². The molecule has 20 heavy (non-hydrogen) atoms. The first-order chi connectivity index (χ1) is 9.65. The average Bonchev–Trinajstić information content (AvgIpc) is 2.50. The predicted octanol–water partition coefficient (Wildman–Crippen LogP) is 0.249. The Balaban J connectivity index is 1.99. The van der Waals surface area contributed by atoms with E-state index in [1.54, 1.807) is 11.8 Å². The van der Waals surface area contributed by atoms with Gasteiger partial charge >= 0.3 is 5.97 Å². The third-order valence-corrected chi connectivity index (χ3v) is 4.22. The van der Waals surface area contributed by atoms with Gasteiger partial charge in [0.2, 0.25) is 5.91 Å². The van der Waals surface area contributed by atoms with Crippen molar-refractivity contribution in [3.63, 3.8) is 0 Å². The first-order valence-electron chi connectivity index (χ1n) is 6.92. The van der Waals surface area contributed by atoms with E-state index in [0.717, 1.165) is 17.9 Å². The van der Waals surface area contributed by atoms with E-state index in [2.05, 4.69) is 4.74 Å². The number of carbonyl (C=O) groups is 2. The number of amides is 1. The number of hydrogen-bond donors (Lipinski definition) is 1. The Morgan fingerprint density at radius 1 is 1.35 bits per heavy atom. The summed E-state index contributed by atoms with van der Waals surface area (Å²) in [7, 11) is 1.34. The number of esters is 1. The Bertz CT molecular complexity index is 309. The summed E-state index contributed by atoms with van der Waals surface area (Å²) in [5.41, 5.74) is 5.63. The fraction of sp³-hybridized carbons (Fsp3) is 0.846. The van der Waals surface area contributed by atoms with Crippen LogP contribution in [0, 0.1) is 0 Å². The Morgan fingerprint density at radius 3 is 2.70 bits per heavy atom. The molecule has 0 spiro atoms. The molecular weight excluding hydrogens is 280 g/mol. The lowest BCUT2D eigenvalue weighted by molar-refractivity contribution is -0.142. The van der Waals surface area contributed by atoms with Crippen molar-refractivity contribution >= 4 is 23.6 Å². The highest BCUT2D eigenvalue weighted by Gasteiger charge is 2.16. The van der Waals surface area contributed by atoms with Gasteiger partial charge in [-0.05, 0) is 24.3 Å². The summed E-state index contributed by atoms with van der Waals surface area (Å²) in [6, 6.07) is -0.539. The molecule has 0 bridgehead atoms. The van der Waals surface area contributed by atoms with Gasteiger partial charge in [-0.1, -0.05) is 0 Å². The molecule has 0 saturated carbocycles. The van der Waals surface area contributed by atoms with E-state index >= 15 is 0 Å². The summed E-state index contributed by atoms with van der Waals surface area (Å²) in [4.78, 5) is 24.8. The minimum atomic E-state index is -0.539. The summed E-state index contributed by atoms with van der Waals surface area (Å²) in [5.74, 6) is 1.56. The first kappa shape index (κ1) is 17.3. The van der Waals surface area contributed by atoms with Crippen molar-refractivity contribution in [3.8, 4) is 0 Å². The SMILES string of the molecule is COC(=O)C(N)CCSCCCC(=O)N1CCOCC1. The standard InChI is InChI=1S/C13H24N2O4S/c1-18-13(17)11(14)4-10-20-9-2-3-12(16)15-5-7-19-8-6-15/h11H,2-10,14H2,1H3. The zero-order valence-corrected chi connectivity index (χ0v) is 12.8. The van der Waals surface area contributed by atoms with Crippen LogP contribution in [-0.2, 0) is 19.1 Å². The monoisotopic (exact) mass is 304 g/mol. The molecule has 1 unspecified atom stereocenters. The summed E-state index contributed by atoms with van der Waals surface area (Å²) in [6.07, 6.45) is 2.04. The molecule has 116 valence electrons. The van der Waals surface area contributed by atoms with Crippen molar-refractivity contribution in [2.75, 3.05) is 44.9 Å². The Labute approximate surface area is 124 Å². The van der Waals surface area contributed by atoms with Gasteiger partial charge in [-0.2, -0.15) is 11.8 Å². The van der Waals surface area contributed by atoms with E-state index in [-0.39, 0.29) is 11.9 Å². The van der Waals surface area contributed by atoms with Crippen LogP contribution in [-0.4, -0.2) is 67.7 Å². The number of ether oxygens (including phenoxy) is 2. The van der Waals surface area contributed by atoms with Crippen LogP contribution in [0.15, 0.2) is 0 Å². The van der Waals surface area contributed by atoms with E-state index < -0.39 is 6.04 Å². The number of carbonyl (C=O) groups excluding carboxylic acids is 2.